The molecule has 1 N–H and O–H groups in total. The fourth-order valence-corrected chi connectivity index (χ4v) is 2.86. The number of hydrogen-bond donors (Lipinski definition) is 1. The number of ether oxygens (including phenoxy) is 1. The van der Waals surface area contributed by atoms with Crippen molar-refractivity contribution in [1.29, 1.82) is 5.26 Å². The third-order valence-corrected chi connectivity index (χ3v) is 3.98. The molecule has 0 saturated carbocycles. The molecule has 0 fully saturated rings. The molecule has 0 unspecified atom stereocenters. The largest absolute Gasteiger partial charge is 0.383 e. The molecule has 1 atom stereocenters. The molecule has 0 aliphatic rings. The van der Waals surface area contributed by atoms with Gasteiger partial charge in [0.15, 0.2) is 5.82 Å². The highest BCUT2D eigenvalue weighted by molar-refractivity contribution is 6.39. The highest BCUT2D eigenvalue weighted by Crippen LogP contribution is 2.33. The van der Waals surface area contributed by atoms with Crippen LogP contribution in [-0.2, 0) is 4.74 Å². The van der Waals surface area contributed by atoms with Crippen LogP contribution >= 0.6 is 34.8 Å². The molecule has 0 amide bonds. The van der Waals surface area contributed by atoms with Gasteiger partial charge in [0.1, 0.15) is 5.15 Å². The zero-order chi connectivity index (χ0) is 17.9. The van der Waals surface area contributed by atoms with Crippen LogP contribution < -0.4 is 10.9 Å². The number of hydrogen-bond acceptors (Lipinski definition) is 5. The summed E-state index contributed by atoms with van der Waals surface area (Å²) in [5.74, 6) is -0.0287. The van der Waals surface area contributed by atoms with Gasteiger partial charge >= 0.3 is 0 Å². The third kappa shape index (κ3) is 4.00. The van der Waals surface area contributed by atoms with E-state index in [0.717, 1.165) is 0 Å². The first kappa shape index (κ1) is 18.6. The van der Waals surface area contributed by atoms with E-state index in [-0.39, 0.29) is 32.7 Å². The maximum Gasteiger partial charge on any atom is 0.294 e. The number of benzene rings is 1. The smallest absolute Gasteiger partial charge is 0.294 e. The molecular formula is C15H13Cl3N4O2. The van der Waals surface area contributed by atoms with Gasteiger partial charge in [-0.3, -0.25) is 4.79 Å². The Hall–Kier alpha value is -1.78. The van der Waals surface area contributed by atoms with Crippen molar-refractivity contribution in [3.05, 3.63) is 49.4 Å². The number of halogens is 3. The van der Waals surface area contributed by atoms with Crippen LogP contribution in [0.3, 0.4) is 0 Å². The van der Waals surface area contributed by atoms with Crippen molar-refractivity contribution < 1.29 is 4.74 Å². The van der Waals surface area contributed by atoms with E-state index in [1.54, 1.807) is 7.11 Å². The summed E-state index contributed by atoms with van der Waals surface area (Å²) in [6, 6.07) is 4.58. The summed E-state index contributed by atoms with van der Waals surface area (Å²) in [5, 5.41) is 12.2. The van der Waals surface area contributed by atoms with E-state index in [4.69, 9.17) is 44.8 Å². The van der Waals surface area contributed by atoms with Crippen molar-refractivity contribution in [1.82, 2.24) is 9.55 Å². The minimum Gasteiger partial charge on any atom is -0.383 e. The Kier molecular flexibility index (Phi) is 6.08. The molecule has 0 aliphatic carbocycles. The molecule has 2 rings (SSSR count). The molecule has 0 spiro atoms. The molecule has 9 heteroatoms. The molecule has 24 heavy (non-hydrogen) atoms. The third-order valence-electron chi connectivity index (χ3n) is 3.20. The van der Waals surface area contributed by atoms with Gasteiger partial charge in [0.05, 0.1) is 40.0 Å². The van der Waals surface area contributed by atoms with Crippen molar-refractivity contribution >= 4 is 46.3 Å². The van der Waals surface area contributed by atoms with Crippen LogP contribution in [0.5, 0.6) is 0 Å². The van der Waals surface area contributed by atoms with Gasteiger partial charge in [0, 0.05) is 13.3 Å². The Bertz CT molecular complexity index is 838. The second-order valence-electron chi connectivity index (χ2n) is 4.98. The molecule has 1 heterocycles. The molecule has 6 nitrogen and oxygen atoms in total. The van der Waals surface area contributed by atoms with Gasteiger partial charge in [-0.2, -0.15) is 5.26 Å². The van der Waals surface area contributed by atoms with Gasteiger partial charge in [0.25, 0.3) is 5.56 Å². The molecule has 0 aliphatic heterocycles. The van der Waals surface area contributed by atoms with Crippen LogP contribution in [0.2, 0.25) is 15.2 Å². The van der Waals surface area contributed by atoms with E-state index in [1.807, 2.05) is 13.0 Å². The SMILES string of the molecule is COC[C@@H](C)n1cc(Cl)nc(Nc2c(Cl)cc(C#N)cc2Cl)c1=O. The fourth-order valence-electron chi connectivity index (χ4n) is 2.09. The summed E-state index contributed by atoms with van der Waals surface area (Å²) >= 11 is 18.2. The van der Waals surface area contributed by atoms with Gasteiger partial charge in [-0.25, -0.2) is 4.98 Å². The molecular weight excluding hydrogens is 375 g/mol. The lowest BCUT2D eigenvalue weighted by atomic mass is 10.2. The maximum atomic E-state index is 12.6. The monoisotopic (exact) mass is 386 g/mol. The number of aromatic nitrogens is 2. The van der Waals surface area contributed by atoms with Gasteiger partial charge < -0.3 is 14.6 Å². The second kappa shape index (κ2) is 7.86. The average molecular weight is 388 g/mol. The lowest BCUT2D eigenvalue weighted by molar-refractivity contribution is 0.161. The van der Waals surface area contributed by atoms with E-state index >= 15 is 0 Å². The predicted molar refractivity (Wildman–Crippen MR) is 94.6 cm³/mol. The quantitative estimate of drug-likeness (QED) is 0.838. The van der Waals surface area contributed by atoms with E-state index in [9.17, 15) is 4.79 Å². The number of methoxy groups -OCH3 is 1. The van der Waals surface area contributed by atoms with E-state index in [2.05, 4.69) is 10.3 Å². The molecule has 1 aromatic heterocycles. The summed E-state index contributed by atoms with van der Waals surface area (Å²) in [6.07, 6.45) is 1.43. The van der Waals surface area contributed by atoms with Crippen molar-refractivity contribution in [2.24, 2.45) is 0 Å². The van der Waals surface area contributed by atoms with Gasteiger partial charge in [-0.1, -0.05) is 34.8 Å². The van der Waals surface area contributed by atoms with Gasteiger partial charge in [0.2, 0.25) is 0 Å². The zero-order valence-corrected chi connectivity index (χ0v) is 15.1. The van der Waals surface area contributed by atoms with E-state index in [0.29, 0.717) is 12.2 Å². The van der Waals surface area contributed by atoms with Crippen molar-refractivity contribution in [3.63, 3.8) is 0 Å². The summed E-state index contributed by atoms with van der Waals surface area (Å²) in [5.41, 5.74) is 0.177. The number of nitriles is 1. The van der Waals surface area contributed by atoms with Crippen LogP contribution in [0.1, 0.15) is 18.5 Å². The Morgan fingerprint density at radius 3 is 2.54 bits per heavy atom. The van der Waals surface area contributed by atoms with Crippen LogP contribution in [0.25, 0.3) is 0 Å². The van der Waals surface area contributed by atoms with Crippen molar-refractivity contribution in [2.45, 2.75) is 13.0 Å². The molecule has 0 saturated heterocycles. The van der Waals surface area contributed by atoms with E-state index in [1.165, 1.54) is 22.9 Å². The Morgan fingerprint density at radius 2 is 2.00 bits per heavy atom. The topological polar surface area (TPSA) is 79.9 Å². The van der Waals surface area contributed by atoms with Crippen LogP contribution in [0.4, 0.5) is 11.5 Å². The summed E-state index contributed by atoms with van der Waals surface area (Å²) in [6.45, 7) is 2.14. The predicted octanol–water partition coefficient (Wildman–Crippen LogP) is 4.03. The number of nitrogens with zero attached hydrogens (tertiary/aromatic N) is 3. The summed E-state index contributed by atoms with van der Waals surface area (Å²) in [4.78, 5) is 16.6. The number of rotatable bonds is 5. The Balaban J connectivity index is 2.48. The van der Waals surface area contributed by atoms with Crippen LogP contribution in [0, 0.1) is 11.3 Å². The number of nitrogens with one attached hydrogen (secondary N) is 1. The summed E-state index contributed by atoms with van der Waals surface area (Å²) in [7, 11) is 1.54. The van der Waals surface area contributed by atoms with Crippen molar-refractivity contribution in [3.8, 4) is 6.07 Å². The first-order valence-electron chi connectivity index (χ1n) is 6.81. The molecule has 126 valence electrons. The standard InChI is InChI=1S/C15H13Cl3N4O2/c1-8(7-24-2)22-6-12(18)20-14(15(22)23)21-13-10(16)3-9(5-19)4-11(13)17/h3-4,6,8H,7H2,1-2H3,(H,20,21)/t8-/m1/s1. The first-order chi connectivity index (χ1) is 11.4. The average Bonchev–Trinajstić information content (AvgIpc) is 2.53. The first-order valence-corrected chi connectivity index (χ1v) is 7.94. The second-order valence-corrected chi connectivity index (χ2v) is 6.18. The molecule has 1 aromatic carbocycles. The lowest BCUT2D eigenvalue weighted by Gasteiger charge is -2.16. The highest BCUT2D eigenvalue weighted by atomic mass is 35.5. The van der Waals surface area contributed by atoms with Gasteiger partial charge in [-0.05, 0) is 19.1 Å². The normalized spacial score (nSPS) is 11.8. The zero-order valence-electron chi connectivity index (χ0n) is 12.8. The van der Waals surface area contributed by atoms with E-state index < -0.39 is 5.56 Å². The Morgan fingerprint density at radius 1 is 1.38 bits per heavy atom. The minimum atomic E-state index is -0.402. The van der Waals surface area contributed by atoms with Crippen LogP contribution in [0.15, 0.2) is 23.1 Å². The van der Waals surface area contributed by atoms with Crippen molar-refractivity contribution in [2.75, 3.05) is 19.0 Å². The molecule has 2 aromatic rings. The van der Waals surface area contributed by atoms with Crippen LogP contribution in [-0.4, -0.2) is 23.3 Å². The maximum absolute atomic E-state index is 12.6. The Labute approximate surface area is 153 Å². The molecule has 0 bridgehead atoms. The fraction of sp³-hybridized carbons (Fsp3) is 0.267. The highest BCUT2D eigenvalue weighted by Gasteiger charge is 2.16. The number of anilines is 2. The molecule has 0 radical (unpaired) electrons. The minimum absolute atomic E-state index is 0.0287. The van der Waals surface area contributed by atoms with Gasteiger partial charge in [-0.15, -0.1) is 0 Å². The lowest BCUT2D eigenvalue weighted by Crippen LogP contribution is -2.28. The summed E-state index contributed by atoms with van der Waals surface area (Å²) < 4.78 is 6.47.